The van der Waals surface area contributed by atoms with Gasteiger partial charge in [0, 0.05) is 11.4 Å². The molecule has 1 aliphatic rings. The molecule has 0 aromatic carbocycles. The third-order valence-corrected chi connectivity index (χ3v) is 3.63. The van der Waals surface area contributed by atoms with Gasteiger partial charge < -0.3 is 10.1 Å². The Morgan fingerprint density at radius 1 is 1.64 bits per heavy atom. The highest BCUT2D eigenvalue weighted by Crippen LogP contribution is 2.24. The predicted octanol–water partition coefficient (Wildman–Crippen LogP) is 2.58. The number of ether oxygens (including phenoxy) is 1. The lowest BCUT2D eigenvalue weighted by Crippen LogP contribution is -2.35. The molecule has 1 N–H and O–H groups in total. The molecule has 0 amide bonds. The number of thiophene rings is 1. The Hall–Kier alpha value is -0.380. The normalized spacial score (nSPS) is 24.8. The summed E-state index contributed by atoms with van der Waals surface area (Å²) in [5, 5.41) is 5.47. The van der Waals surface area contributed by atoms with E-state index < -0.39 is 0 Å². The van der Waals surface area contributed by atoms with Crippen molar-refractivity contribution in [3.63, 3.8) is 0 Å². The summed E-state index contributed by atoms with van der Waals surface area (Å²) in [6.07, 6.45) is 3.09. The highest BCUT2D eigenvalue weighted by atomic mass is 32.1. The van der Waals surface area contributed by atoms with E-state index in [1.807, 2.05) is 0 Å². The van der Waals surface area contributed by atoms with Crippen molar-refractivity contribution in [2.75, 3.05) is 13.1 Å². The maximum atomic E-state index is 5.98. The SMILES string of the molecule is CC(OC1CCCNC1)c1cccs1. The largest absolute Gasteiger partial charge is 0.368 e. The van der Waals surface area contributed by atoms with Crippen LogP contribution in [0.25, 0.3) is 0 Å². The van der Waals surface area contributed by atoms with E-state index in [1.54, 1.807) is 11.3 Å². The van der Waals surface area contributed by atoms with E-state index in [9.17, 15) is 0 Å². The third kappa shape index (κ3) is 2.56. The second-order valence-electron chi connectivity index (χ2n) is 3.76. The van der Waals surface area contributed by atoms with Gasteiger partial charge in [0.2, 0.25) is 0 Å². The van der Waals surface area contributed by atoms with Gasteiger partial charge in [-0.1, -0.05) is 6.07 Å². The van der Waals surface area contributed by atoms with Crippen LogP contribution in [0.15, 0.2) is 17.5 Å². The maximum absolute atomic E-state index is 5.98. The molecule has 1 aliphatic heterocycles. The lowest BCUT2D eigenvalue weighted by molar-refractivity contribution is -0.0133. The topological polar surface area (TPSA) is 21.3 Å². The molecule has 1 fully saturated rings. The minimum Gasteiger partial charge on any atom is -0.368 e. The Balaban J connectivity index is 1.84. The Morgan fingerprint density at radius 2 is 2.57 bits per heavy atom. The highest BCUT2D eigenvalue weighted by Gasteiger charge is 2.17. The molecule has 0 radical (unpaired) electrons. The molecule has 1 aromatic heterocycles. The van der Waals surface area contributed by atoms with Crippen molar-refractivity contribution in [3.8, 4) is 0 Å². The first kappa shape index (κ1) is 10.1. The lowest BCUT2D eigenvalue weighted by Gasteiger charge is -2.26. The minimum absolute atomic E-state index is 0.250. The smallest absolute Gasteiger partial charge is 0.0893 e. The van der Waals surface area contributed by atoms with Crippen LogP contribution in [0.1, 0.15) is 30.7 Å². The van der Waals surface area contributed by atoms with Gasteiger partial charge in [-0.05, 0) is 37.8 Å². The summed E-state index contributed by atoms with van der Waals surface area (Å²) >= 11 is 1.77. The van der Waals surface area contributed by atoms with Gasteiger partial charge in [-0.3, -0.25) is 0 Å². The Kier molecular flexibility index (Phi) is 3.56. The third-order valence-electron chi connectivity index (χ3n) is 2.59. The standard InChI is InChI=1S/C11H17NOS/c1-9(11-5-3-7-14-11)13-10-4-2-6-12-8-10/h3,5,7,9-10,12H,2,4,6,8H2,1H3. The molecule has 1 aromatic rings. The van der Waals surface area contributed by atoms with Gasteiger partial charge in [0.25, 0.3) is 0 Å². The Bertz CT molecular complexity index is 254. The maximum Gasteiger partial charge on any atom is 0.0893 e. The van der Waals surface area contributed by atoms with Crippen LogP contribution < -0.4 is 5.32 Å². The van der Waals surface area contributed by atoms with Crippen LogP contribution in [0.4, 0.5) is 0 Å². The van der Waals surface area contributed by atoms with Crippen molar-refractivity contribution < 1.29 is 4.74 Å². The molecule has 2 atom stereocenters. The zero-order chi connectivity index (χ0) is 9.80. The fraction of sp³-hybridized carbons (Fsp3) is 0.636. The van der Waals surface area contributed by atoms with Crippen LogP contribution in [-0.2, 0) is 4.74 Å². The van der Waals surface area contributed by atoms with Crippen LogP contribution in [0.3, 0.4) is 0 Å². The molecule has 0 aliphatic carbocycles. The van der Waals surface area contributed by atoms with E-state index in [4.69, 9.17) is 4.74 Å². The zero-order valence-corrected chi connectivity index (χ0v) is 9.35. The summed E-state index contributed by atoms with van der Waals surface area (Å²) in [6, 6.07) is 4.23. The van der Waals surface area contributed by atoms with E-state index in [-0.39, 0.29) is 6.10 Å². The van der Waals surface area contributed by atoms with Crippen LogP contribution in [0, 0.1) is 0 Å². The van der Waals surface area contributed by atoms with Crippen molar-refractivity contribution in [2.24, 2.45) is 0 Å². The molecule has 2 unspecified atom stereocenters. The number of rotatable bonds is 3. The van der Waals surface area contributed by atoms with E-state index in [2.05, 4.69) is 29.8 Å². The summed E-state index contributed by atoms with van der Waals surface area (Å²) in [6.45, 7) is 4.30. The molecule has 3 heteroatoms. The first-order valence-corrected chi connectivity index (χ1v) is 6.14. The van der Waals surface area contributed by atoms with Crippen LogP contribution in [0.2, 0.25) is 0 Å². The quantitative estimate of drug-likeness (QED) is 0.829. The van der Waals surface area contributed by atoms with Crippen molar-refractivity contribution in [3.05, 3.63) is 22.4 Å². The molecule has 0 bridgehead atoms. The fourth-order valence-corrected chi connectivity index (χ4v) is 2.53. The Morgan fingerprint density at radius 3 is 3.21 bits per heavy atom. The van der Waals surface area contributed by atoms with Crippen LogP contribution in [0.5, 0.6) is 0 Å². The van der Waals surface area contributed by atoms with Gasteiger partial charge in [-0.25, -0.2) is 0 Å². The van der Waals surface area contributed by atoms with E-state index in [0.717, 1.165) is 13.1 Å². The summed E-state index contributed by atoms with van der Waals surface area (Å²) in [5.41, 5.74) is 0. The van der Waals surface area contributed by atoms with Crippen molar-refractivity contribution in [2.45, 2.75) is 32.0 Å². The van der Waals surface area contributed by atoms with Crippen molar-refractivity contribution in [1.82, 2.24) is 5.32 Å². The first-order valence-electron chi connectivity index (χ1n) is 5.26. The molecular weight excluding hydrogens is 194 g/mol. The molecule has 1 saturated heterocycles. The van der Waals surface area contributed by atoms with Crippen molar-refractivity contribution in [1.29, 1.82) is 0 Å². The van der Waals surface area contributed by atoms with E-state index >= 15 is 0 Å². The second-order valence-corrected chi connectivity index (χ2v) is 4.74. The van der Waals surface area contributed by atoms with Crippen molar-refractivity contribution >= 4 is 11.3 Å². The molecule has 2 rings (SSSR count). The average molecular weight is 211 g/mol. The number of nitrogens with one attached hydrogen (secondary N) is 1. The molecule has 0 spiro atoms. The Labute approximate surface area is 89.3 Å². The summed E-state index contributed by atoms with van der Waals surface area (Å²) in [5.74, 6) is 0. The van der Waals surface area contributed by atoms with Gasteiger partial charge in [-0.15, -0.1) is 11.3 Å². The summed E-state index contributed by atoms with van der Waals surface area (Å²) < 4.78 is 5.98. The average Bonchev–Trinajstić information content (AvgIpc) is 2.72. The molecule has 78 valence electrons. The molecular formula is C11H17NOS. The molecule has 2 nitrogen and oxygen atoms in total. The number of hydrogen-bond donors (Lipinski definition) is 1. The monoisotopic (exact) mass is 211 g/mol. The number of piperidine rings is 1. The van der Waals surface area contributed by atoms with Crippen LogP contribution >= 0.6 is 11.3 Å². The predicted molar refractivity (Wildman–Crippen MR) is 59.7 cm³/mol. The van der Waals surface area contributed by atoms with E-state index in [1.165, 1.54) is 17.7 Å². The molecule has 14 heavy (non-hydrogen) atoms. The van der Waals surface area contributed by atoms with Gasteiger partial charge in [0.15, 0.2) is 0 Å². The van der Waals surface area contributed by atoms with Gasteiger partial charge in [0.1, 0.15) is 0 Å². The van der Waals surface area contributed by atoms with Gasteiger partial charge in [0.05, 0.1) is 12.2 Å². The number of hydrogen-bond acceptors (Lipinski definition) is 3. The summed E-state index contributed by atoms with van der Waals surface area (Å²) in [4.78, 5) is 1.33. The van der Waals surface area contributed by atoms with Gasteiger partial charge >= 0.3 is 0 Å². The van der Waals surface area contributed by atoms with Crippen LogP contribution in [-0.4, -0.2) is 19.2 Å². The zero-order valence-electron chi connectivity index (χ0n) is 8.53. The minimum atomic E-state index is 0.250. The lowest BCUT2D eigenvalue weighted by atomic mass is 10.1. The van der Waals surface area contributed by atoms with Gasteiger partial charge in [-0.2, -0.15) is 0 Å². The molecule has 2 heterocycles. The fourth-order valence-electron chi connectivity index (χ4n) is 1.81. The second kappa shape index (κ2) is 4.91. The summed E-state index contributed by atoms with van der Waals surface area (Å²) in [7, 11) is 0. The first-order chi connectivity index (χ1) is 6.86. The molecule has 0 saturated carbocycles. The van der Waals surface area contributed by atoms with E-state index in [0.29, 0.717) is 6.10 Å². The highest BCUT2D eigenvalue weighted by molar-refractivity contribution is 7.10.